The van der Waals surface area contributed by atoms with E-state index in [1.807, 2.05) is 0 Å². The van der Waals surface area contributed by atoms with Gasteiger partial charge in [-0.25, -0.2) is 9.18 Å². The van der Waals surface area contributed by atoms with E-state index in [0.29, 0.717) is 5.69 Å². The van der Waals surface area contributed by atoms with Crippen LogP contribution in [0.15, 0.2) is 30.5 Å². The Balaban J connectivity index is 2.01. The lowest BCUT2D eigenvalue weighted by atomic mass is 10.2. The molecule has 0 amide bonds. The van der Waals surface area contributed by atoms with Gasteiger partial charge in [0.05, 0.1) is 16.9 Å². The zero-order valence-corrected chi connectivity index (χ0v) is 9.76. The van der Waals surface area contributed by atoms with Crippen molar-refractivity contribution in [3.05, 3.63) is 47.5 Å². The highest BCUT2D eigenvalue weighted by Gasteiger charge is 2.10. The molecule has 2 aromatic rings. The van der Waals surface area contributed by atoms with Crippen LogP contribution in [0.3, 0.4) is 0 Å². The van der Waals surface area contributed by atoms with Crippen LogP contribution < -0.4 is 5.73 Å². The number of anilines is 1. The van der Waals surface area contributed by atoms with Crippen LogP contribution in [-0.4, -0.2) is 15.7 Å². The van der Waals surface area contributed by atoms with E-state index < -0.39 is 11.8 Å². The lowest BCUT2D eigenvalue weighted by molar-refractivity contribution is 0.0466. The summed E-state index contributed by atoms with van der Waals surface area (Å²) in [5.74, 6) is -1.25. The number of nitrogens with two attached hydrogens (primary N) is 1. The summed E-state index contributed by atoms with van der Waals surface area (Å²) in [4.78, 5) is 11.6. The van der Waals surface area contributed by atoms with E-state index >= 15 is 0 Å². The monoisotopic (exact) mass is 249 g/mol. The van der Waals surface area contributed by atoms with E-state index in [4.69, 9.17) is 10.5 Å². The molecule has 0 aliphatic carbocycles. The molecule has 2 N–H and O–H groups in total. The number of esters is 1. The minimum atomic E-state index is -0.637. The van der Waals surface area contributed by atoms with Gasteiger partial charge in [0.1, 0.15) is 12.4 Å². The molecule has 2 rings (SSSR count). The molecule has 0 saturated carbocycles. The zero-order chi connectivity index (χ0) is 13.1. The van der Waals surface area contributed by atoms with Crippen LogP contribution in [0.25, 0.3) is 0 Å². The molecule has 0 aliphatic rings. The average Bonchev–Trinajstić information content (AvgIpc) is 2.75. The third-order valence-corrected chi connectivity index (χ3v) is 2.36. The molecule has 5 nitrogen and oxygen atoms in total. The highest BCUT2D eigenvalue weighted by atomic mass is 19.1. The van der Waals surface area contributed by atoms with Gasteiger partial charge in [-0.05, 0) is 24.3 Å². The van der Waals surface area contributed by atoms with Gasteiger partial charge in [0.2, 0.25) is 0 Å². The van der Waals surface area contributed by atoms with Crippen molar-refractivity contribution in [3.63, 3.8) is 0 Å². The van der Waals surface area contributed by atoms with Crippen LogP contribution in [0.5, 0.6) is 0 Å². The Hall–Kier alpha value is -2.37. The van der Waals surface area contributed by atoms with Crippen LogP contribution in [0, 0.1) is 5.82 Å². The first-order valence-electron chi connectivity index (χ1n) is 5.27. The number of carbonyl (C=O) groups excluding carboxylic acids is 1. The van der Waals surface area contributed by atoms with Crippen molar-refractivity contribution in [1.29, 1.82) is 0 Å². The fourth-order valence-electron chi connectivity index (χ4n) is 1.42. The molecule has 1 heterocycles. The fraction of sp³-hybridized carbons (Fsp3) is 0.167. The Morgan fingerprint density at radius 3 is 2.89 bits per heavy atom. The standard InChI is InChI=1S/C12H12FN3O2/c1-16-5-4-9(15-16)7-18-12(17)8-2-3-11(14)10(13)6-8/h2-6H,7,14H2,1H3. The lowest BCUT2D eigenvalue weighted by Crippen LogP contribution is -2.07. The SMILES string of the molecule is Cn1ccc(COC(=O)c2ccc(N)c(F)c2)n1. The molecular weight excluding hydrogens is 237 g/mol. The van der Waals surface area contributed by atoms with E-state index in [1.54, 1.807) is 24.0 Å². The summed E-state index contributed by atoms with van der Waals surface area (Å²) in [6, 6.07) is 5.53. The number of rotatable bonds is 3. The molecule has 0 spiro atoms. The van der Waals surface area contributed by atoms with Crippen molar-refractivity contribution >= 4 is 11.7 Å². The van der Waals surface area contributed by atoms with Crippen LogP contribution in [0.4, 0.5) is 10.1 Å². The first-order chi connectivity index (χ1) is 8.56. The first-order valence-corrected chi connectivity index (χ1v) is 5.27. The summed E-state index contributed by atoms with van der Waals surface area (Å²) in [5, 5.41) is 4.05. The third-order valence-electron chi connectivity index (χ3n) is 2.36. The minimum absolute atomic E-state index is 0.00345. The van der Waals surface area contributed by atoms with Crippen molar-refractivity contribution in [2.45, 2.75) is 6.61 Å². The van der Waals surface area contributed by atoms with E-state index in [9.17, 15) is 9.18 Å². The Morgan fingerprint density at radius 2 is 2.28 bits per heavy atom. The molecule has 94 valence electrons. The Kier molecular flexibility index (Phi) is 3.27. The summed E-state index contributed by atoms with van der Waals surface area (Å²) in [5.41, 5.74) is 6.06. The molecule has 1 aromatic heterocycles. The van der Waals surface area contributed by atoms with Crippen molar-refractivity contribution in [2.75, 3.05) is 5.73 Å². The lowest BCUT2D eigenvalue weighted by Gasteiger charge is -2.04. The van der Waals surface area contributed by atoms with Gasteiger partial charge in [-0.3, -0.25) is 4.68 Å². The molecule has 0 atom stereocenters. The van der Waals surface area contributed by atoms with Crippen molar-refractivity contribution in [3.8, 4) is 0 Å². The maximum atomic E-state index is 13.2. The second-order valence-corrected chi connectivity index (χ2v) is 3.79. The predicted molar refractivity (Wildman–Crippen MR) is 63.1 cm³/mol. The number of carbonyl (C=O) groups is 1. The quantitative estimate of drug-likeness (QED) is 0.661. The van der Waals surface area contributed by atoms with Gasteiger partial charge in [0.15, 0.2) is 0 Å². The summed E-state index contributed by atoms with van der Waals surface area (Å²) in [6.45, 7) is 0.0473. The Labute approximate surface area is 103 Å². The van der Waals surface area contributed by atoms with Crippen LogP contribution in [-0.2, 0) is 18.4 Å². The molecule has 0 unspecified atom stereocenters. The maximum absolute atomic E-state index is 13.2. The van der Waals surface area contributed by atoms with Gasteiger partial charge in [-0.15, -0.1) is 0 Å². The van der Waals surface area contributed by atoms with Gasteiger partial charge in [0, 0.05) is 13.2 Å². The van der Waals surface area contributed by atoms with Gasteiger partial charge < -0.3 is 10.5 Å². The van der Waals surface area contributed by atoms with Gasteiger partial charge in [-0.2, -0.15) is 5.10 Å². The normalized spacial score (nSPS) is 10.3. The number of nitrogens with zero attached hydrogens (tertiary/aromatic N) is 2. The average molecular weight is 249 g/mol. The van der Waals surface area contributed by atoms with Gasteiger partial charge in [0.25, 0.3) is 0 Å². The van der Waals surface area contributed by atoms with E-state index in [-0.39, 0.29) is 17.9 Å². The summed E-state index contributed by atoms with van der Waals surface area (Å²) in [7, 11) is 1.76. The number of benzene rings is 1. The molecular formula is C12H12FN3O2. The smallest absolute Gasteiger partial charge is 0.338 e. The summed E-state index contributed by atoms with van der Waals surface area (Å²) in [6.07, 6.45) is 1.74. The summed E-state index contributed by atoms with van der Waals surface area (Å²) >= 11 is 0. The number of nitrogen functional groups attached to an aromatic ring is 1. The minimum Gasteiger partial charge on any atom is -0.456 e. The number of hydrogen-bond acceptors (Lipinski definition) is 4. The third kappa shape index (κ3) is 2.65. The molecule has 0 radical (unpaired) electrons. The molecule has 1 aromatic carbocycles. The second kappa shape index (κ2) is 4.87. The van der Waals surface area contributed by atoms with E-state index in [2.05, 4.69) is 5.10 Å². The Bertz CT molecular complexity index is 580. The van der Waals surface area contributed by atoms with Crippen molar-refractivity contribution in [2.24, 2.45) is 7.05 Å². The zero-order valence-electron chi connectivity index (χ0n) is 9.76. The van der Waals surface area contributed by atoms with E-state index in [1.165, 1.54) is 12.1 Å². The number of aryl methyl sites for hydroxylation is 1. The molecule has 0 fully saturated rings. The number of hydrogen-bond donors (Lipinski definition) is 1. The fourth-order valence-corrected chi connectivity index (χ4v) is 1.42. The highest BCUT2D eigenvalue weighted by molar-refractivity contribution is 5.89. The van der Waals surface area contributed by atoms with Crippen LogP contribution in [0.1, 0.15) is 16.1 Å². The first kappa shape index (κ1) is 12.1. The van der Waals surface area contributed by atoms with Crippen molar-refractivity contribution < 1.29 is 13.9 Å². The highest BCUT2D eigenvalue weighted by Crippen LogP contribution is 2.13. The van der Waals surface area contributed by atoms with Crippen LogP contribution in [0.2, 0.25) is 0 Å². The number of aromatic nitrogens is 2. The predicted octanol–water partition coefficient (Wildman–Crippen LogP) is 1.50. The van der Waals surface area contributed by atoms with E-state index in [0.717, 1.165) is 6.07 Å². The largest absolute Gasteiger partial charge is 0.456 e. The molecule has 0 saturated heterocycles. The topological polar surface area (TPSA) is 70.1 Å². The molecule has 18 heavy (non-hydrogen) atoms. The van der Waals surface area contributed by atoms with Crippen molar-refractivity contribution in [1.82, 2.24) is 9.78 Å². The number of ether oxygens (including phenoxy) is 1. The van der Waals surface area contributed by atoms with Gasteiger partial charge in [-0.1, -0.05) is 0 Å². The Morgan fingerprint density at radius 1 is 1.50 bits per heavy atom. The summed E-state index contributed by atoms with van der Waals surface area (Å²) < 4.78 is 19.8. The van der Waals surface area contributed by atoms with Gasteiger partial charge >= 0.3 is 5.97 Å². The second-order valence-electron chi connectivity index (χ2n) is 3.79. The molecule has 0 aliphatic heterocycles. The molecule has 6 heteroatoms. The van der Waals surface area contributed by atoms with Crippen LogP contribution >= 0.6 is 0 Å². The number of halogens is 1. The molecule has 0 bridgehead atoms. The maximum Gasteiger partial charge on any atom is 0.338 e.